The minimum atomic E-state index is -0.518. The first-order valence-electron chi connectivity index (χ1n) is 9.76. The highest BCUT2D eigenvalue weighted by Gasteiger charge is 2.15. The fourth-order valence-electron chi connectivity index (χ4n) is 2.92. The van der Waals surface area contributed by atoms with Crippen LogP contribution in [-0.2, 0) is 11.4 Å². The highest BCUT2D eigenvalue weighted by Crippen LogP contribution is 2.35. The monoisotopic (exact) mass is 574 g/mol. The number of nitrogens with zero attached hydrogens (tertiary/aromatic N) is 1. The lowest BCUT2D eigenvalue weighted by Crippen LogP contribution is -2.13. The number of nitrogens with one attached hydrogen (secondary N) is 1. The van der Waals surface area contributed by atoms with Gasteiger partial charge in [0.2, 0.25) is 0 Å². The molecule has 8 heteroatoms. The first-order chi connectivity index (χ1) is 15.9. The maximum atomic E-state index is 12.6. The van der Waals surface area contributed by atoms with Crippen LogP contribution in [0.4, 0.5) is 5.69 Å². The van der Waals surface area contributed by atoms with Crippen molar-refractivity contribution in [2.24, 2.45) is 0 Å². The highest BCUT2D eigenvalue weighted by molar-refractivity contribution is 14.1. The Hall–Kier alpha value is -3.22. The van der Waals surface area contributed by atoms with Gasteiger partial charge in [0.1, 0.15) is 24.0 Å². The van der Waals surface area contributed by atoms with Gasteiger partial charge in [0.05, 0.1) is 17.8 Å². The molecule has 0 bridgehead atoms. The number of hydrogen-bond acceptors (Lipinski definition) is 5. The van der Waals surface area contributed by atoms with Gasteiger partial charge in [-0.2, -0.15) is 5.26 Å². The summed E-state index contributed by atoms with van der Waals surface area (Å²) < 4.78 is 17.3. The van der Waals surface area contributed by atoms with Gasteiger partial charge < -0.3 is 19.5 Å². The van der Waals surface area contributed by atoms with Gasteiger partial charge in [0.15, 0.2) is 11.5 Å². The fourth-order valence-corrected chi connectivity index (χ4v) is 3.89. The second kappa shape index (κ2) is 11.6. The van der Waals surface area contributed by atoms with Crippen LogP contribution in [0.5, 0.6) is 17.2 Å². The van der Waals surface area contributed by atoms with Crippen molar-refractivity contribution in [2.45, 2.75) is 6.61 Å². The van der Waals surface area contributed by atoms with Gasteiger partial charge in [-0.25, -0.2) is 0 Å². The molecule has 0 spiro atoms. The van der Waals surface area contributed by atoms with E-state index in [0.717, 1.165) is 9.13 Å². The molecular weight excluding hydrogens is 555 g/mol. The van der Waals surface area contributed by atoms with Crippen LogP contribution in [0.3, 0.4) is 0 Å². The molecule has 0 unspecified atom stereocenters. The summed E-state index contributed by atoms with van der Waals surface area (Å²) in [4.78, 5) is 12.6. The zero-order valence-electron chi connectivity index (χ0n) is 17.9. The molecule has 3 aromatic carbocycles. The van der Waals surface area contributed by atoms with Gasteiger partial charge in [0, 0.05) is 16.3 Å². The number of anilines is 1. The summed E-state index contributed by atoms with van der Waals surface area (Å²) in [5.74, 6) is 1.18. The van der Waals surface area contributed by atoms with E-state index in [1.807, 2.05) is 30.3 Å². The van der Waals surface area contributed by atoms with Gasteiger partial charge in [-0.3, -0.25) is 4.79 Å². The average molecular weight is 575 g/mol. The molecule has 0 atom stereocenters. The Kier molecular flexibility index (Phi) is 8.58. The smallest absolute Gasteiger partial charge is 0.266 e. The third-order valence-electron chi connectivity index (χ3n) is 4.61. The third-order valence-corrected chi connectivity index (χ3v) is 5.78. The minimum absolute atomic E-state index is 0.0478. The van der Waals surface area contributed by atoms with Crippen LogP contribution in [0.2, 0.25) is 5.02 Å². The number of rotatable bonds is 8. The zero-order chi connectivity index (χ0) is 23.8. The van der Waals surface area contributed by atoms with E-state index in [2.05, 4.69) is 27.9 Å². The van der Waals surface area contributed by atoms with Crippen LogP contribution in [0, 0.1) is 14.9 Å². The molecule has 33 heavy (non-hydrogen) atoms. The van der Waals surface area contributed by atoms with Gasteiger partial charge >= 0.3 is 0 Å². The van der Waals surface area contributed by atoms with Crippen molar-refractivity contribution in [3.63, 3.8) is 0 Å². The van der Waals surface area contributed by atoms with E-state index in [4.69, 9.17) is 25.8 Å². The average Bonchev–Trinajstić information content (AvgIpc) is 2.82. The normalized spacial score (nSPS) is 10.8. The van der Waals surface area contributed by atoms with Gasteiger partial charge in [0.25, 0.3) is 5.91 Å². The van der Waals surface area contributed by atoms with E-state index in [9.17, 15) is 10.1 Å². The molecule has 0 saturated carbocycles. The summed E-state index contributed by atoms with van der Waals surface area (Å²) in [6.07, 6.45) is 1.50. The summed E-state index contributed by atoms with van der Waals surface area (Å²) in [5.41, 5.74) is 1.98. The zero-order valence-corrected chi connectivity index (χ0v) is 20.8. The summed E-state index contributed by atoms with van der Waals surface area (Å²) in [6, 6.07) is 19.7. The second-order valence-corrected chi connectivity index (χ2v) is 8.34. The topological polar surface area (TPSA) is 80.6 Å². The summed E-state index contributed by atoms with van der Waals surface area (Å²) in [6.45, 7) is 0.273. The van der Waals surface area contributed by atoms with Crippen LogP contribution in [0.25, 0.3) is 6.08 Å². The van der Waals surface area contributed by atoms with Crippen LogP contribution in [-0.4, -0.2) is 20.1 Å². The van der Waals surface area contributed by atoms with Crippen molar-refractivity contribution in [2.75, 3.05) is 19.5 Å². The Morgan fingerprint density at radius 3 is 2.48 bits per heavy atom. The maximum absolute atomic E-state index is 12.6. The van der Waals surface area contributed by atoms with E-state index >= 15 is 0 Å². The molecule has 0 heterocycles. The molecule has 0 aliphatic heterocycles. The number of carbonyl (C=O) groups is 1. The molecule has 0 aromatic heterocycles. The van der Waals surface area contributed by atoms with Crippen molar-refractivity contribution >= 4 is 51.9 Å². The molecule has 0 saturated heterocycles. The predicted octanol–water partition coefficient (Wildman–Crippen LogP) is 6.09. The lowest BCUT2D eigenvalue weighted by Gasteiger charge is -2.14. The molecule has 0 aliphatic carbocycles. The van der Waals surface area contributed by atoms with Crippen molar-refractivity contribution in [3.8, 4) is 23.3 Å². The number of benzene rings is 3. The number of methoxy groups -OCH3 is 2. The van der Waals surface area contributed by atoms with Crippen molar-refractivity contribution < 1.29 is 19.0 Å². The maximum Gasteiger partial charge on any atom is 0.266 e. The first kappa shape index (κ1) is 24.4. The molecule has 1 N–H and O–H groups in total. The molecule has 6 nitrogen and oxygen atoms in total. The Balaban J connectivity index is 1.80. The summed E-state index contributed by atoms with van der Waals surface area (Å²) >= 11 is 8.33. The van der Waals surface area contributed by atoms with Crippen molar-refractivity contribution in [1.29, 1.82) is 5.26 Å². The number of carbonyl (C=O) groups excluding carboxylic acids is 1. The van der Waals surface area contributed by atoms with Crippen LogP contribution in [0.15, 0.2) is 66.2 Å². The Morgan fingerprint density at radius 2 is 1.85 bits per heavy atom. The van der Waals surface area contributed by atoms with E-state index in [1.54, 1.807) is 43.5 Å². The summed E-state index contributed by atoms with van der Waals surface area (Å²) in [5, 5.41) is 12.9. The van der Waals surface area contributed by atoms with Gasteiger partial charge in [-0.05, 0) is 76.7 Å². The highest BCUT2D eigenvalue weighted by atomic mass is 127. The van der Waals surface area contributed by atoms with Crippen LogP contribution in [0.1, 0.15) is 11.1 Å². The van der Waals surface area contributed by atoms with E-state index in [-0.39, 0.29) is 12.2 Å². The molecule has 0 fully saturated rings. The molecule has 3 rings (SSSR count). The lowest BCUT2D eigenvalue weighted by molar-refractivity contribution is -0.112. The molecular formula is C25H20ClIN2O4. The molecule has 1 amide bonds. The Bertz CT molecular complexity index is 1220. The van der Waals surface area contributed by atoms with Crippen LogP contribution < -0.4 is 19.5 Å². The number of halogens is 2. The van der Waals surface area contributed by atoms with Crippen molar-refractivity contribution in [1.82, 2.24) is 0 Å². The molecule has 0 radical (unpaired) electrons. The summed E-state index contributed by atoms with van der Waals surface area (Å²) in [7, 11) is 3.09. The SMILES string of the molecule is COc1ccc(NC(=O)/C(C#N)=C\c2cc(I)c(OCc3ccccc3Cl)c(OC)c2)cc1. The second-order valence-electron chi connectivity index (χ2n) is 6.77. The molecule has 168 valence electrons. The minimum Gasteiger partial charge on any atom is -0.497 e. The number of hydrogen-bond donors (Lipinski definition) is 1. The number of nitriles is 1. The Labute approximate surface area is 210 Å². The van der Waals surface area contributed by atoms with Crippen molar-refractivity contribution in [3.05, 3.63) is 86.0 Å². The van der Waals surface area contributed by atoms with E-state index in [0.29, 0.717) is 33.5 Å². The Morgan fingerprint density at radius 1 is 1.12 bits per heavy atom. The third kappa shape index (κ3) is 6.40. The number of ether oxygens (including phenoxy) is 3. The van der Waals surface area contributed by atoms with Gasteiger partial charge in [-0.1, -0.05) is 29.8 Å². The van der Waals surface area contributed by atoms with Gasteiger partial charge in [-0.15, -0.1) is 0 Å². The standard InChI is InChI=1S/C25H20ClIN2O4/c1-31-20-9-7-19(8-10-20)29-25(30)18(14-28)11-16-12-22(27)24(23(13-16)32-2)33-15-17-5-3-4-6-21(17)26/h3-13H,15H2,1-2H3,(H,29,30)/b18-11-. The number of amides is 1. The van der Waals surface area contributed by atoms with Crippen LogP contribution >= 0.6 is 34.2 Å². The molecule has 3 aromatic rings. The predicted molar refractivity (Wildman–Crippen MR) is 137 cm³/mol. The largest absolute Gasteiger partial charge is 0.497 e. The fraction of sp³-hybridized carbons (Fsp3) is 0.120. The van der Waals surface area contributed by atoms with E-state index < -0.39 is 5.91 Å². The van der Waals surface area contributed by atoms with E-state index in [1.165, 1.54) is 13.2 Å². The first-order valence-corrected chi connectivity index (χ1v) is 11.2. The molecule has 0 aliphatic rings. The lowest BCUT2D eigenvalue weighted by atomic mass is 10.1. The quantitative estimate of drug-likeness (QED) is 0.200.